The third kappa shape index (κ3) is 3.43. The number of para-hydroxylation sites is 1. The molecule has 3 aromatic carbocycles. The first-order chi connectivity index (χ1) is 14.5. The van der Waals surface area contributed by atoms with Crippen molar-refractivity contribution < 1.29 is 5.32 Å². The highest BCUT2D eigenvalue weighted by atomic mass is 35.5. The molecule has 4 aromatic rings. The Morgan fingerprint density at radius 1 is 1.00 bits per heavy atom. The molecule has 30 heavy (non-hydrogen) atoms. The minimum atomic E-state index is -0.0143. The molecule has 1 aliphatic heterocycles. The van der Waals surface area contributed by atoms with Crippen LogP contribution in [0.1, 0.15) is 41.6 Å². The van der Waals surface area contributed by atoms with Crippen molar-refractivity contribution in [2.45, 2.75) is 31.2 Å². The van der Waals surface area contributed by atoms with Crippen LogP contribution < -0.4 is 5.32 Å². The molecule has 0 radical (unpaired) electrons. The Morgan fingerprint density at radius 2 is 1.77 bits per heavy atom. The van der Waals surface area contributed by atoms with Crippen LogP contribution in [0.25, 0.3) is 10.9 Å². The Labute approximate surface area is 187 Å². The van der Waals surface area contributed by atoms with Crippen LogP contribution in [0.4, 0.5) is 0 Å². The van der Waals surface area contributed by atoms with Crippen LogP contribution in [-0.2, 0) is 12.0 Å². The first-order valence-corrected chi connectivity index (χ1v) is 11.2. The number of nitrogens with two attached hydrogens (primary N) is 1. The molecule has 2 atom stereocenters. The molecule has 0 fully saturated rings. The number of halogens is 2. The molecule has 0 saturated carbocycles. The van der Waals surface area contributed by atoms with Gasteiger partial charge in [-0.3, -0.25) is 0 Å². The number of aromatic nitrogens is 1. The van der Waals surface area contributed by atoms with E-state index in [1.807, 2.05) is 12.1 Å². The zero-order valence-electron chi connectivity index (χ0n) is 17.0. The summed E-state index contributed by atoms with van der Waals surface area (Å²) in [6.07, 6.45) is 2.12. The molecule has 0 spiro atoms. The minimum Gasteiger partial charge on any atom is -0.353 e. The highest BCUT2D eigenvalue weighted by molar-refractivity contribution is 6.35. The second-order valence-electron chi connectivity index (χ2n) is 8.52. The summed E-state index contributed by atoms with van der Waals surface area (Å²) in [6, 6.07) is 25.3. The number of aromatic amines is 1. The van der Waals surface area contributed by atoms with Crippen molar-refractivity contribution in [1.82, 2.24) is 4.98 Å². The van der Waals surface area contributed by atoms with E-state index in [9.17, 15) is 0 Å². The van der Waals surface area contributed by atoms with Crippen molar-refractivity contribution in [3.63, 3.8) is 0 Å². The largest absolute Gasteiger partial charge is 0.353 e. The molecule has 1 aromatic heterocycles. The Bertz CT molecular complexity index is 1200. The molecule has 4 heteroatoms. The van der Waals surface area contributed by atoms with Gasteiger partial charge in [-0.25, -0.2) is 0 Å². The summed E-state index contributed by atoms with van der Waals surface area (Å²) in [5, 5.41) is 5.20. The molecule has 0 unspecified atom stereocenters. The number of benzene rings is 3. The lowest BCUT2D eigenvalue weighted by Crippen LogP contribution is -2.96. The van der Waals surface area contributed by atoms with Gasteiger partial charge in [-0.05, 0) is 42.7 Å². The lowest BCUT2D eigenvalue weighted by molar-refractivity contribution is -0.739. The number of nitrogens with one attached hydrogen (secondary N) is 1. The number of quaternary nitrogens is 1. The van der Waals surface area contributed by atoms with E-state index in [2.05, 4.69) is 77.9 Å². The second-order valence-corrected chi connectivity index (χ2v) is 9.36. The van der Waals surface area contributed by atoms with E-state index < -0.39 is 0 Å². The normalized spacial score (nSPS) is 21.0. The first kappa shape index (κ1) is 19.7. The van der Waals surface area contributed by atoms with Gasteiger partial charge in [0.05, 0.1) is 18.2 Å². The second kappa shape index (κ2) is 7.77. The summed E-state index contributed by atoms with van der Waals surface area (Å²) in [7, 11) is 0. The van der Waals surface area contributed by atoms with Crippen molar-refractivity contribution in [1.29, 1.82) is 0 Å². The van der Waals surface area contributed by atoms with Crippen molar-refractivity contribution in [3.05, 3.63) is 105 Å². The van der Waals surface area contributed by atoms with E-state index in [1.165, 1.54) is 27.7 Å². The topological polar surface area (TPSA) is 32.4 Å². The standard InChI is InChI=1S/C26H24Cl2N2/c1-26(14-13-17-7-3-2-4-8-17)25-24(20-9-5-6-10-23(20)30-25)21(16-29-26)19-12-11-18(27)15-22(19)28/h2-12,15,21,29-30H,13-14,16H2,1H3/p+1/t21-,26-/m0/s1. The maximum absolute atomic E-state index is 6.65. The summed E-state index contributed by atoms with van der Waals surface area (Å²) < 4.78 is 0. The maximum Gasteiger partial charge on any atom is 0.134 e. The van der Waals surface area contributed by atoms with Gasteiger partial charge in [-0.15, -0.1) is 0 Å². The number of fused-ring (bicyclic) bond motifs is 3. The van der Waals surface area contributed by atoms with Crippen LogP contribution in [0.2, 0.25) is 10.0 Å². The smallest absolute Gasteiger partial charge is 0.134 e. The fourth-order valence-electron chi connectivity index (χ4n) is 4.92. The monoisotopic (exact) mass is 435 g/mol. The Kier molecular flexibility index (Phi) is 5.10. The molecule has 3 N–H and O–H groups in total. The van der Waals surface area contributed by atoms with Crippen LogP contribution in [0, 0.1) is 0 Å². The summed E-state index contributed by atoms with van der Waals surface area (Å²) in [5.41, 5.74) is 6.41. The van der Waals surface area contributed by atoms with Crippen molar-refractivity contribution in [2.75, 3.05) is 6.54 Å². The van der Waals surface area contributed by atoms with E-state index in [1.54, 1.807) is 0 Å². The molecule has 0 amide bonds. The molecular weight excluding hydrogens is 411 g/mol. The predicted octanol–water partition coefficient (Wildman–Crippen LogP) is 6.03. The average Bonchev–Trinajstić information content (AvgIpc) is 3.15. The molecule has 2 heterocycles. The average molecular weight is 436 g/mol. The van der Waals surface area contributed by atoms with Gasteiger partial charge in [-0.1, -0.05) is 77.8 Å². The zero-order valence-corrected chi connectivity index (χ0v) is 18.5. The molecule has 0 aliphatic carbocycles. The maximum atomic E-state index is 6.65. The van der Waals surface area contributed by atoms with Crippen LogP contribution in [0.15, 0.2) is 72.8 Å². The lowest BCUT2D eigenvalue weighted by atomic mass is 9.77. The van der Waals surface area contributed by atoms with Gasteiger partial charge in [0.2, 0.25) is 0 Å². The summed E-state index contributed by atoms with van der Waals surface area (Å²) in [6.45, 7) is 3.32. The molecule has 152 valence electrons. The van der Waals surface area contributed by atoms with Gasteiger partial charge in [-0.2, -0.15) is 0 Å². The number of aryl methyl sites for hydroxylation is 1. The summed E-state index contributed by atoms with van der Waals surface area (Å²) in [5.74, 6) is 0.228. The Balaban J connectivity index is 1.60. The van der Waals surface area contributed by atoms with Gasteiger partial charge in [0.1, 0.15) is 5.54 Å². The van der Waals surface area contributed by atoms with Gasteiger partial charge < -0.3 is 10.3 Å². The van der Waals surface area contributed by atoms with Gasteiger partial charge in [0, 0.05) is 32.9 Å². The van der Waals surface area contributed by atoms with Crippen LogP contribution in [-0.4, -0.2) is 11.5 Å². The molecule has 2 nitrogen and oxygen atoms in total. The molecule has 5 rings (SSSR count). The molecule has 0 saturated heterocycles. The molecule has 1 aliphatic rings. The van der Waals surface area contributed by atoms with E-state index in [4.69, 9.17) is 23.2 Å². The fourth-order valence-corrected chi connectivity index (χ4v) is 5.46. The number of rotatable bonds is 4. The van der Waals surface area contributed by atoms with Crippen molar-refractivity contribution >= 4 is 34.1 Å². The summed E-state index contributed by atoms with van der Waals surface area (Å²) in [4.78, 5) is 3.77. The van der Waals surface area contributed by atoms with Crippen LogP contribution in [0.5, 0.6) is 0 Å². The highest BCUT2D eigenvalue weighted by Crippen LogP contribution is 2.42. The highest BCUT2D eigenvalue weighted by Gasteiger charge is 2.42. The predicted molar refractivity (Wildman–Crippen MR) is 126 cm³/mol. The number of H-pyrrole nitrogens is 1. The Hall–Kier alpha value is -2.26. The van der Waals surface area contributed by atoms with E-state index in [-0.39, 0.29) is 11.5 Å². The van der Waals surface area contributed by atoms with Crippen molar-refractivity contribution in [2.24, 2.45) is 0 Å². The summed E-state index contributed by atoms with van der Waals surface area (Å²) >= 11 is 12.8. The SMILES string of the molecule is C[C@@]1(CCc2ccccc2)[NH2+]C[C@@H](c2ccc(Cl)cc2Cl)c2c1[nH]c1ccccc21. The first-order valence-electron chi connectivity index (χ1n) is 10.5. The minimum absolute atomic E-state index is 0.0143. The van der Waals surface area contributed by atoms with E-state index in [0.29, 0.717) is 5.02 Å². The Morgan fingerprint density at radius 3 is 2.57 bits per heavy atom. The molecular formula is C26H25Cl2N2+. The number of hydrogen-bond acceptors (Lipinski definition) is 0. The number of hydrogen-bond donors (Lipinski definition) is 2. The van der Waals surface area contributed by atoms with Gasteiger partial charge >= 0.3 is 0 Å². The van der Waals surface area contributed by atoms with E-state index >= 15 is 0 Å². The van der Waals surface area contributed by atoms with Crippen molar-refractivity contribution in [3.8, 4) is 0 Å². The third-order valence-corrected chi connectivity index (χ3v) is 7.15. The van der Waals surface area contributed by atoms with E-state index in [0.717, 1.165) is 30.0 Å². The van der Waals surface area contributed by atoms with Crippen LogP contribution in [0.3, 0.4) is 0 Å². The van der Waals surface area contributed by atoms with Gasteiger partial charge in [0.25, 0.3) is 0 Å². The fraction of sp³-hybridized carbons (Fsp3) is 0.231. The molecule has 0 bridgehead atoms. The quantitative estimate of drug-likeness (QED) is 0.392. The third-order valence-electron chi connectivity index (χ3n) is 6.58. The van der Waals surface area contributed by atoms with Gasteiger partial charge in [0.15, 0.2) is 0 Å². The van der Waals surface area contributed by atoms with Crippen LogP contribution >= 0.6 is 23.2 Å². The zero-order chi connectivity index (χ0) is 20.7. The lowest BCUT2D eigenvalue weighted by Gasteiger charge is -2.36.